The summed E-state index contributed by atoms with van der Waals surface area (Å²) in [5.74, 6) is -1.21. The third-order valence-corrected chi connectivity index (χ3v) is 5.23. The number of carboxylic acid groups (broad SMARTS) is 1. The number of aromatic nitrogens is 1. The molecule has 0 spiro atoms. The summed E-state index contributed by atoms with van der Waals surface area (Å²) in [5, 5.41) is 10.6. The average molecular weight is 367 g/mol. The Bertz CT molecular complexity index is 933. The number of nitrogens with one attached hydrogen (secondary N) is 1. The summed E-state index contributed by atoms with van der Waals surface area (Å²) < 4.78 is 13.4. The molecule has 1 saturated heterocycles. The first-order valence-corrected chi connectivity index (χ1v) is 9.11. The molecular formula is C21H22FN3O2. The minimum atomic E-state index is -0.878. The number of fused-ring (bicyclic) bond motifs is 1. The Morgan fingerprint density at radius 1 is 1.11 bits per heavy atom. The zero-order valence-corrected chi connectivity index (χ0v) is 14.9. The van der Waals surface area contributed by atoms with Crippen LogP contribution >= 0.6 is 0 Å². The van der Waals surface area contributed by atoms with Gasteiger partial charge < -0.3 is 10.1 Å². The molecule has 140 valence electrons. The molecular weight excluding hydrogens is 345 g/mol. The Kier molecular flexibility index (Phi) is 4.92. The van der Waals surface area contributed by atoms with Gasteiger partial charge in [0.2, 0.25) is 0 Å². The van der Waals surface area contributed by atoms with E-state index in [-0.39, 0.29) is 5.82 Å². The number of benzene rings is 2. The van der Waals surface area contributed by atoms with Crippen LogP contribution in [0.15, 0.2) is 54.7 Å². The number of carboxylic acids is 1. The predicted molar refractivity (Wildman–Crippen MR) is 102 cm³/mol. The number of carbonyl (C=O) groups is 1. The Hall–Kier alpha value is -2.70. The van der Waals surface area contributed by atoms with Gasteiger partial charge in [0.25, 0.3) is 0 Å². The molecule has 1 aliphatic rings. The van der Waals surface area contributed by atoms with Gasteiger partial charge in [-0.2, -0.15) is 0 Å². The van der Waals surface area contributed by atoms with Crippen LogP contribution in [0.1, 0.15) is 17.2 Å². The molecule has 0 bridgehead atoms. The van der Waals surface area contributed by atoms with E-state index in [9.17, 15) is 14.3 Å². The molecule has 0 radical (unpaired) electrons. The van der Waals surface area contributed by atoms with E-state index in [0.29, 0.717) is 24.2 Å². The molecule has 0 saturated carbocycles. The summed E-state index contributed by atoms with van der Waals surface area (Å²) in [5.41, 5.74) is 2.58. The van der Waals surface area contributed by atoms with Crippen LogP contribution in [-0.2, 0) is 11.3 Å². The zero-order chi connectivity index (χ0) is 18.8. The summed E-state index contributed by atoms with van der Waals surface area (Å²) in [7, 11) is 0. The Balaban J connectivity index is 1.49. The van der Waals surface area contributed by atoms with Crippen LogP contribution in [0.25, 0.3) is 10.9 Å². The van der Waals surface area contributed by atoms with E-state index in [2.05, 4.69) is 22.0 Å². The number of aliphatic carboxylic acids is 1. The number of aromatic amines is 1. The maximum atomic E-state index is 13.4. The fraction of sp³-hybridized carbons (Fsp3) is 0.286. The van der Waals surface area contributed by atoms with Gasteiger partial charge >= 0.3 is 5.97 Å². The molecule has 2 aromatic carbocycles. The summed E-state index contributed by atoms with van der Waals surface area (Å²) in [4.78, 5) is 19.4. The summed E-state index contributed by atoms with van der Waals surface area (Å²) in [6.45, 7) is 3.86. The molecule has 0 unspecified atom stereocenters. The van der Waals surface area contributed by atoms with Gasteiger partial charge in [-0.3, -0.25) is 14.6 Å². The molecule has 5 nitrogen and oxygen atoms in total. The Morgan fingerprint density at radius 2 is 1.85 bits per heavy atom. The highest BCUT2D eigenvalue weighted by molar-refractivity contribution is 5.89. The van der Waals surface area contributed by atoms with Crippen LogP contribution in [0.2, 0.25) is 0 Å². The number of hydrogen-bond donors (Lipinski definition) is 2. The van der Waals surface area contributed by atoms with Crippen molar-refractivity contribution in [3.05, 3.63) is 71.7 Å². The van der Waals surface area contributed by atoms with E-state index >= 15 is 0 Å². The lowest BCUT2D eigenvalue weighted by Gasteiger charge is -2.37. The molecule has 0 amide bonds. The second-order valence-corrected chi connectivity index (χ2v) is 6.97. The lowest BCUT2D eigenvalue weighted by molar-refractivity contribution is -0.144. The second-order valence-electron chi connectivity index (χ2n) is 6.97. The molecule has 1 aromatic heterocycles. The normalized spacial score (nSPS) is 17.2. The van der Waals surface area contributed by atoms with Crippen LogP contribution < -0.4 is 0 Å². The van der Waals surface area contributed by atoms with Crippen molar-refractivity contribution in [2.24, 2.45) is 0 Å². The number of H-pyrrole nitrogens is 1. The first-order chi connectivity index (χ1) is 13.1. The van der Waals surface area contributed by atoms with Crippen LogP contribution in [0.3, 0.4) is 0 Å². The van der Waals surface area contributed by atoms with Gasteiger partial charge in [0.15, 0.2) is 0 Å². The van der Waals surface area contributed by atoms with Gasteiger partial charge in [-0.15, -0.1) is 0 Å². The monoisotopic (exact) mass is 367 g/mol. The van der Waals surface area contributed by atoms with Gasteiger partial charge in [0.1, 0.15) is 11.9 Å². The smallest absolute Gasteiger partial charge is 0.325 e. The van der Waals surface area contributed by atoms with Crippen molar-refractivity contribution >= 4 is 16.9 Å². The third-order valence-electron chi connectivity index (χ3n) is 5.23. The molecule has 1 aliphatic heterocycles. The highest BCUT2D eigenvalue weighted by atomic mass is 19.1. The van der Waals surface area contributed by atoms with Gasteiger partial charge in [0.05, 0.1) is 0 Å². The van der Waals surface area contributed by atoms with E-state index in [4.69, 9.17) is 0 Å². The van der Waals surface area contributed by atoms with Gasteiger partial charge in [0, 0.05) is 55.4 Å². The van der Waals surface area contributed by atoms with E-state index in [1.165, 1.54) is 17.7 Å². The van der Waals surface area contributed by atoms with Gasteiger partial charge in [-0.25, -0.2) is 4.39 Å². The SMILES string of the molecule is O=C(O)[C@H](c1c[nH]c2cc(F)ccc12)N1CCN(Cc2ccccc2)CC1. The average Bonchev–Trinajstić information content (AvgIpc) is 3.06. The van der Waals surface area contributed by atoms with Crippen molar-refractivity contribution < 1.29 is 14.3 Å². The summed E-state index contributed by atoms with van der Waals surface area (Å²) in [6.07, 6.45) is 1.69. The molecule has 1 atom stereocenters. The Morgan fingerprint density at radius 3 is 2.56 bits per heavy atom. The van der Waals surface area contributed by atoms with Crippen LogP contribution in [0.5, 0.6) is 0 Å². The summed E-state index contributed by atoms with van der Waals surface area (Å²) >= 11 is 0. The highest BCUT2D eigenvalue weighted by Gasteiger charge is 2.32. The molecule has 0 aliphatic carbocycles. The Labute approximate surface area is 157 Å². The minimum absolute atomic E-state index is 0.336. The minimum Gasteiger partial charge on any atom is -0.480 e. The number of rotatable bonds is 5. The van der Waals surface area contributed by atoms with E-state index in [1.807, 2.05) is 23.1 Å². The maximum absolute atomic E-state index is 13.4. The number of hydrogen-bond acceptors (Lipinski definition) is 3. The lowest BCUT2D eigenvalue weighted by Crippen LogP contribution is -2.48. The highest BCUT2D eigenvalue weighted by Crippen LogP contribution is 2.30. The maximum Gasteiger partial charge on any atom is 0.325 e. The van der Waals surface area contributed by atoms with Crippen molar-refractivity contribution in [2.75, 3.05) is 26.2 Å². The number of piperazine rings is 1. The largest absolute Gasteiger partial charge is 0.480 e. The zero-order valence-electron chi connectivity index (χ0n) is 14.9. The molecule has 6 heteroatoms. The van der Waals surface area contributed by atoms with Crippen molar-refractivity contribution in [2.45, 2.75) is 12.6 Å². The molecule has 3 aromatic rings. The van der Waals surface area contributed by atoms with Gasteiger partial charge in [-0.05, 0) is 23.8 Å². The van der Waals surface area contributed by atoms with Crippen molar-refractivity contribution in [1.82, 2.24) is 14.8 Å². The standard InChI is InChI=1S/C21H22FN3O2/c22-16-6-7-17-18(13-23-19(17)12-16)20(21(26)27)25-10-8-24(9-11-25)14-15-4-2-1-3-5-15/h1-7,12-13,20,23H,8-11,14H2,(H,26,27)/t20-/m0/s1. The second kappa shape index (κ2) is 7.50. The quantitative estimate of drug-likeness (QED) is 0.727. The van der Waals surface area contributed by atoms with Gasteiger partial charge in [-0.1, -0.05) is 30.3 Å². The third kappa shape index (κ3) is 3.72. The fourth-order valence-electron chi connectivity index (χ4n) is 3.85. The van der Waals surface area contributed by atoms with E-state index in [1.54, 1.807) is 12.3 Å². The predicted octanol–water partition coefficient (Wildman–Crippen LogP) is 3.25. The number of nitrogens with zero attached hydrogens (tertiary/aromatic N) is 2. The molecule has 1 fully saturated rings. The molecule has 2 N–H and O–H groups in total. The van der Waals surface area contributed by atoms with Crippen LogP contribution in [0.4, 0.5) is 4.39 Å². The first-order valence-electron chi connectivity index (χ1n) is 9.11. The van der Waals surface area contributed by atoms with Crippen LogP contribution in [0, 0.1) is 5.82 Å². The van der Waals surface area contributed by atoms with Crippen molar-refractivity contribution in [3.8, 4) is 0 Å². The van der Waals surface area contributed by atoms with E-state index in [0.717, 1.165) is 25.0 Å². The topological polar surface area (TPSA) is 59.6 Å². The molecule has 4 rings (SSSR count). The summed E-state index contributed by atoms with van der Waals surface area (Å²) in [6, 6.07) is 14.0. The lowest BCUT2D eigenvalue weighted by atomic mass is 10.0. The van der Waals surface area contributed by atoms with Crippen molar-refractivity contribution in [1.29, 1.82) is 0 Å². The number of halogens is 1. The fourth-order valence-corrected chi connectivity index (χ4v) is 3.85. The van der Waals surface area contributed by atoms with E-state index < -0.39 is 12.0 Å². The van der Waals surface area contributed by atoms with Crippen molar-refractivity contribution in [3.63, 3.8) is 0 Å². The first kappa shape index (κ1) is 17.7. The molecule has 27 heavy (non-hydrogen) atoms. The molecule has 2 heterocycles. The van der Waals surface area contributed by atoms with Crippen LogP contribution in [-0.4, -0.2) is 52.0 Å².